The van der Waals surface area contributed by atoms with Gasteiger partial charge in [-0.05, 0) is 37.8 Å². The van der Waals surface area contributed by atoms with Gasteiger partial charge < -0.3 is 29.7 Å². The summed E-state index contributed by atoms with van der Waals surface area (Å²) in [6.07, 6.45) is 1.16. The van der Waals surface area contributed by atoms with Crippen LogP contribution in [0.25, 0.3) is 10.8 Å². The van der Waals surface area contributed by atoms with Crippen LogP contribution in [0.1, 0.15) is 42.3 Å². The first-order valence-corrected chi connectivity index (χ1v) is 12.4. The van der Waals surface area contributed by atoms with Crippen molar-refractivity contribution in [1.29, 1.82) is 0 Å². The Bertz CT molecular complexity index is 1630. The van der Waals surface area contributed by atoms with Crippen LogP contribution in [-0.2, 0) is 21.5 Å². The number of carbonyl (C=O) groups is 3. The third-order valence-corrected chi connectivity index (χ3v) is 7.15. The lowest BCUT2D eigenvalue weighted by molar-refractivity contribution is -0.123. The molecule has 2 aliphatic rings. The molecule has 0 unspecified atom stereocenters. The normalized spacial score (nSPS) is 17.7. The molecule has 3 N–H and O–H groups in total. The fourth-order valence-electron chi connectivity index (χ4n) is 5.25. The van der Waals surface area contributed by atoms with Crippen molar-refractivity contribution in [2.24, 2.45) is 0 Å². The van der Waals surface area contributed by atoms with Crippen molar-refractivity contribution in [2.45, 2.75) is 32.7 Å². The van der Waals surface area contributed by atoms with Crippen molar-refractivity contribution in [3.8, 4) is 23.0 Å². The largest absolute Gasteiger partial charge is 0.507 e. The number of methoxy groups -OCH3 is 1. The molecule has 1 aliphatic carbocycles. The van der Waals surface area contributed by atoms with E-state index in [9.17, 15) is 24.6 Å². The summed E-state index contributed by atoms with van der Waals surface area (Å²) >= 11 is 0. The zero-order valence-corrected chi connectivity index (χ0v) is 21.9. The quantitative estimate of drug-likeness (QED) is 0.384. The van der Waals surface area contributed by atoms with Crippen molar-refractivity contribution in [1.82, 2.24) is 5.32 Å². The number of ketones is 2. The summed E-state index contributed by atoms with van der Waals surface area (Å²) in [5.41, 5.74) is -1.20. The molecule has 1 amide bonds. The zero-order chi connectivity index (χ0) is 28.1. The molecular formula is C30H27NO8. The second-order valence-electron chi connectivity index (χ2n) is 9.44. The Morgan fingerprint density at radius 1 is 1.08 bits per heavy atom. The molecule has 1 atom stereocenters. The second kappa shape index (κ2) is 9.50. The predicted molar refractivity (Wildman–Crippen MR) is 142 cm³/mol. The minimum absolute atomic E-state index is 0.0138. The first-order chi connectivity index (χ1) is 18.6. The fraction of sp³-hybridized carbons (Fsp3) is 0.233. The van der Waals surface area contributed by atoms with Crippen LogP contribution in [0.15, 0.2) is 65.6 Å². The summed E-state index contributed by atoms with van der Waals surface area (Å²) in [5, 5.41) is 26.0. The molecule has 1 heterocycles. The Morgan fingerprint density at radius 2 is 1.79 bits per heavy atom. The zero-order valence-electron chi connectivity index (χ0n) is 21.9. The maximum atomic E-state index is 13.6. The van der Waals surface area contributed by atoms with Crippen molar-refractivity contribution in [3.05, 3.63) is 82.3 Å². The van der Waals surface area contributed by atoms with Gasteiger partial charge in [0, 0.05) is 24.1 Å². The van der Waals surface area contributed by atoms with Gasteiger partial charge in [-0.25, -0.2) is 0 Å². The lowest BCUT2D eigenvalue weighted by atomic mass is 9.71. The Kier molecular flexibility index (Phi) is 6.30. The lowest BCUT2D eigenvalue weighted by Crippen LogP contribution is -2.38. The van der Waals surface area contributed by atoms with Gasteiger partial charge >= 0.3 is 0 Å². The summed E-state index contributed by atoms with van der Waals surface area (Å²) in [6, 6.07) is 12.7. The molecule has 1 aliphatic heterocycles. The summed E-state index contributed by atoms with van der Waals surface area (Å²) in [7, 11) is 1.34. The van der Waals surface area contributed by atoms with Crippen LogP contribution in [0.3, 0.4) is 0 Å². The van der Waals surface area contributed by atoms with E-state index in [4.69, 9.17) is 14.2 Å². The van der Waals surface area contributed by atoms with E-state index in [1.807, 2.05) is 43.3 Å². The third-order valence-electron chi connectivity index (χ3n) is 7.15. The summed E-state index contributed by atoms with van der Waals surface area (Å²) in [5.74, 6) is -2.15. The maximum absolute atomic E-state index is 13.6. The Labute approximate surface area is 224 Å². The van der Waals surface area contributed by atoms with Gasteiger partial charge in [-0.3, -0.25) is 14.4 Å². The van der Waals surface area contributed by atoms with E-state index < -0.39 is 34.2 Å². The van der Waals surface area contributed by atoms with Gasteiger partial charge in [0.1, 0.15) is 45.3 Å². The molecule has 0 aromatic heterocycles. The van der Waals surface area contributed by atoms with Gasteiger partial charge in [0.15, 0.2) is 17.3 Å². The van der Waals surface area contributed by atoms with Crippen molar-refractivity contribution >= 4 is 28.2 Å². The summed E-state index contributed by atoms with van der Waals surface area (Å²) in [6.45, 7) is 5.22. The first-order valence-electron chi connectivity index (χ1n) is 12.4. The minimum atomic E-state index is -1.63. The summed E-state index contributed by atoms with van der Waals surface area (Å²) in [4.78, 5) is 39.2. The molecule has 0 saturated heterocycles. The molecule has 200 valence electrons. The van der Waals surface area contributed by atoms with Crippen LogP contribution in [0.5, 0.6) is 23.0 Å². The number of phenolic OH excluding ortho intramolecular Hbond substituents is 1. The van der Waals surface area contributed by atoms with Crippen LogP contribution in [0.4, 0.5) is 0 Å². The molecule has 0 saturated carbocycles. The number of amides is 1. The number of nitrogens with one attached hydrogen (secondary N) is 1. The first kappa shape index (κ1) is 25.8. The number of hydrogen-bond donors (Lipinski definition) is 3. The molecule has 0 bridgehead atoms. The molecular weight excluding hydrogens is 502 g/mol. The van der Waals surface area contributed by atoms with E-state index in [2.05, 4.69) is 5.32 Å². The lowest BCUT2D eigenvalue weighted by Gasteiger charge is -2.27. The van der Waals surface area contributed by atoms with E-state index >= 15 is 0 Å². The molecule has 0 spiro atoms. The van der Waals surface area contributed by atoms with Crippen LogP contribution < -0.4 is 19.5 Å². The number of benzene rings is 3. The number of carbonyl (C=O) groups excluding carboxylic acids is 3. The highest BCUT2D eigenvalue weighted by molar-refractivity contribution is 6.25. The van der Waals surface area contributed by atoms with Crippen molar-refractivity contribution in [3.63, 3.8) is 0 Å². The number of aromatic hydroxyl groups is 1. The van der Waals surface area contributed by atoms with Gasteiger partial charge in [-0.1, -0.05) is 30.3 Å². The second-order valence-corrected chi connectivity index (χ2v) is 9.44. The monoisotopic (exact) mass is 529 g/mol. The molecule has 39 heavy (non-hydrogen) atoms. The van der Waals surface area contributed by atoms with Gasteiger partial charge in [0.2, 0.25) is 0 Å². The molecule has 5 rings (SSSR count). The molecule has 9 heteroatoms. The standard InChI is InChI=1S/C30H27NO8/c1-5-38-21-11-10-16(17-8-6-7-9-18(17)21)14-31-29(36)25-22(37-4)12-20(34)26-27(25)39-23-13-19(33)24(15(2)32)28(35)30(23,26)3/h6-13,33-34H,5,14H2,1-4H3,(H,31,36)/t30-/m1/s1. The highest BCUT2D eigenvalue weighted by Gasteiger charge is 2.55. The average molecular weight is 530 g/mol. The van der Waals surface area contributed by atoms with Crippen LogP contribution in [-0.4, -0.2) is 41.4 Å². The Morgan fingerprint density at radius 3 is 2.46 bits per heavy atom. The highest BCUT2D eigenvalue weighted by Crippen LogP contribution is 2.56. The smallest absolute Gasteiger partial charge is 0.259 e. The SMILES string of the molecule is CCOc1ccc(CNC(=O)c2c(OC)cc(O)c3c2OC2=CC(O)=C(C(C)=O)C(=O)[C@]23C)c2ccccc12. The molecule has 3 aromatic carbocycles. The van der Waals surface area contributed by atoms with Gasteiger partial charge in [-0.2, -0.15) is 0 Å². The van der Waals surface area contributed by atoms with E-state index in [1.54, 1.807) is 0 Å². The molecule has 0 radical (unpaired) electrons. The number of ether oxygens (including phenoxy) is 3. The van der Waals surface area contributed by atoms with E-state index in [0.29, 0.717) is 6.61 Å². The van der Waals surface area contributed by atoms with Gasteiger partial charge in [0.05, 0.1) is 19.3 Å². The molecule has 3 aromatic rings. The topological polar surface area (TPSA) is 131 Å². The fourth-order valence-corrected chi connectivity index (χ4v) is 5.25. The number of allylic oxidation sites excluding steroid dienone is 3. The number of hydrogen-bond acceptors (Lipinski definition) is 8. The van der Waals surface area contributed by atoms with E-state index in [1.165, 1.54) is 27.0 Å². The number of rotatable bonds is 7. The number of phenols is 1. The highest BCUT2D eigenvalue weighted by atomic mass is 16.5. The van der Waals surface area contributed by atoms with E-state index in [0.717, 1.165) is 28.2 Å². The number of fused-ring (bicyclic) bond motifs is 4. The molecule has 0 fully saturated rings. The van der Waals surface area contributed by atoms with Crippen LogP contribution in [0, 0.1) is 0 Å². The van der Waals surface area contributed by atoms with Gasteiger partial charge in [-0.15, -0.1) is 0 Å². The maximum Gasteiger partial charge on any atom is 0.259 e. The molecule has 9 nitrogen and oxygen atoms in total. The minimum Gasteiger partial charge on any atom is -0.507 e. The third kappa shape index (κ3) is 3.89. The predicted octanol–water partition coefficient (Wildman–Crippen LogP) is 4.40. The average Bonchev–Trinajstić information content (AvgIpc) is 3.21. The van der Waals surface area contributed by atoms with Crippen LogP contribution in [0.2, 0.25) is 0 Å². The Balaban J connectivity index is 1.55. The van der Waals surface area contributed by atoms with Crippen molar-refractivity contribution in [2.75, 3.05) is 13.7 Å². The van der Waals surface area contributed by atoms with E-state index in [-0.39, 0.29) is 40.7 Å². The number of Topliss-reactive ketones (excluding diaryl/α,β-unsaturated/α-hetero) is 2. The Hall–Kier alpha value is -4.79. The van der Waals surface area contributed by atoms with Crippen molar-refractivity contribution < 1.29 is 38.8 Å². The van der Waals surface area contributed by atoms with Crippen LogP contribution >= 0.6 is 0 Å². The summed E-state index contributed by atoms with van der Waals surface area (Å²) < 4.78 is 17.1. The van der Waals surface area contributed by atoms with Gasteiger partial charge in [0.25, 0.3) is 5.91 Å². The number of aliphatic hydroxyl groups excluding tert-OH is 1. The number of aliphatic hydroxyl groups is 1.